The molecule has 0 aromatic heterocycles. The van der Waals surface area contributed by atoms with Crippen molar-refractivity contribution in [2.24, 2.45) is 0 Å². The topological polar surface area (TPSA) is 48.1 Å². The first-order chi connectivity index (χ1) is 23.7. The van der Waals surface area contributed by atoms with E-state index in [2.05, 4.69) is 110 Å². The fourth-order valence-corrected chi connectivity index (χ4v) is 9.22. The number of thioether (sulfide) groups is 1. The summed E-state index contributed by atoms with van der Waals surface area (Å²) in [5.41, 5.74) is 5.22. The van der Waals surface area contributed by atoms with Crippen LogP contribution in [-0.4, -0.2) is 72.0 Å². The Kier molecular flexibility index (Phi) is 12.8. The molecule has 1 spiro atoms. The Bertz CT molecular complexity index is 1520. The smallest absolute Gasteiger partial charge is 0.255 e. The first kappa shape index (κ1) is 37.7. The standard InChI is InChI=1S/C40H54Cl2N4O2S/c1-7-15-29(41)28-39(42,8-2)43-22-24-49-25-23-46-38(47)32-16-13-14-17-33(32)40(46)34-20-18-30(44(9-3)10-4)26-36(34)48-37-27-31(19-21-35(37)40)45(11-5)12-6/h13-14,16-21,26-27,29,43H,7-12,15,22-25,28H2,1-6H3. The van der Waals surface area contributed by atoms with Crippen molar-refractivity contribution in [3.05, 3.63) is 82.9 Å². The van der Waals surface area contributed by atoms with Crippen LogP contribution in [0.5, 0.6) is 11.5 Å². The number of ether oxygens (including phenoxy) is 1. The van der Waals surface area contributed by atoms with Gasteiger partial charge in [-0.25, -0.2) is 0 Å². The maximum absolute atomic E-state index is 14.5. The Hall–Kier alpha value is -2.58. The average Bonchev–Trinajstić information content (AvgIpc) is 3.35. The third kappa shape index (κ3) is 7.42. The second-order valence-corrected chi connectivity index (χ2v) is 15.5. The number of halogens is 2. The molecule has 266 valence electrons. The fraction of sp³-hybridized carbons (Fsp3) is 0.525. The summed E-state index contributed by atoms with van der Waals surface area (Å²) >= 11 is 15.4. The Morgan fingerprint density at radius 3 is 2.00 bits per heavy atom. The largest absolute Gasteiger partial charge is 0.456 e. The summed E-state index contributed by atoms with van der Waals surface area (Å²) in [6, 6.07) is 21.2. The van der Waals surface area contributed by atoms with Gasteiger partial charge in [0.15, 0.2) is 0 Å². The van der Waals surface area contributed by atoms with Gasteiger partial charge in [0.25, 0.3) is 5.91 Å². The molecule has 2 heterocycles. The van der Waals surface area contributed by atoms with Gasteiger partial charge in [0, 0.05) is 96.3 Å². The van der Waals surface area contributed by atoms with Gasteiger partial charge in [0.2, 0.25) is 0 Å². The zero-order valence-corrected chi connectivity index (χ0v) is 32.5. The van der Waals surface area contributed by atoms with Crippen molar-refractivity contribution in [3.8, 4) is 11.5 Å². The monoisotopic (exact) mass is 724 g/mol. The first-order valence-corrected chi connectivity index (χ1v) is 20.2. The van der Waals surface area contributed by atoms with E-state index in [4.69, 9.17) is 27.9 Å². The van der Waals surface area contributed by atoms with Crippen molar-refractivity contribution in [1.82, 2.24) is 10.2 Å². The summed E-state index contributed by atoms with van der Waals surface area (Å²) in [7, 11) is 0. The molecule has 3 aromatic rings. The maximum atomic E-state index is 14.5. The molecule has 5 rings (SSSR count). The molecule has 49 heavy (non-hydrogen) atoms. The molecule has 2 unspecified atom stereocenters. The number of fused-ring (bicyclic) bond motifs is 6. The van der Waals surface area contributed by atoms with E-state index in [-0.39, 0.29) is 11.3 Å². The molecule has 0 saturated heterocycles. The number of alkyl halides is 2. The number of hydrogen-bond donors (Lipinski definition) is 1. The van der Waals surface area contributed by atoms with Gasteiger partial charge < -0.3 is 19.4 Å². The molecule has 0 saturated carbocycles. The van der Waals surface area contributed by atoms with Crippen LogP contribution in [0, 0.1) is 0 Å². The van der Waals surface area contributed by atoms with Crippen molar-refractivity contribution >= 4 is 52.2 Å². The SMILES string of the molecule is CCCC(Cl)CC(Cl)(CC)NCCSCCN1C(=O)c2ccccc2C12c1ccc(N(CC)CC)cc1Oc1cc(N(CC)CC)ccc12. The molecule has 2 aliphatic heterocycles. The molecular formula is C40H54Cl2N4O2S. The number of nitrogens with one attached hydrogen (secondary N) is 1. The molecule has 1 N–H and O–H groups in total. The molecule has 3 aromatic carbocycles. The van der Waals surface area contributed by atoms with E-state index < -0.39 is 10.5 Å². The van der Waals surface area contributed by atoms with Gasteiger partial charge in [0.05, 0.1) is 5.00 Å². The zero-order chi connectivity index (χ0) is 35.2. The quantitative estimate of drug-likeness (QED) is 0.0801. The Morgan fingerprint density at radius 1 is 0.857 bits per heavy atom. The Labute approximate surface area is 308 Å². The number of anilines is 2. The summed E-state index contributed by atoms with van der Waals surface area (Å²) in [6.07, 6.45) is 3.56. The lowest BCUT2D eigenvalue weighted by atomic mass is 9.74. The van der Waals surface area contributed by atoms with Gasteiger partial charge in [-0.3, -0.25) is 10.1 Å². The van der Waals surface area contributed by atoms with Crippen molar-refractivity contribution in [1.29, 1.82) is 0 Å². The van der Waals surface area contributed by atoms with Crippen LogP contribution in [0.25, 0.3) is 0 Å². The molecule has 2 atom stereocenters. The van der Waals surface area contributed by atoms with Crippen LogP contribution in [0.2, 0.25) is 0 Å². The lowest BCUT2D eigenvalue weighted by Crippen LogP contribution is -2.48. The second-order valence-electron chi connectivity index (χ2n) is 13.0. The Morgan fingerprint density at radius 2 is 1.45 bits per heavy atom. The highest BCUT2D eigenvalue weighted by molar-refractivity contribution is 7.99. The second kappa shape index (κ2) is 16.6. The minimum Gasteiger partial charge on any atom is -0.456 e. The van der Waals surface area contributed by atoms with E-state index in [9.17, 15) is 4.79 Å². The predicted octanol–water partition coefficient (Wildman–Crippen LogP) is 9.70. The van der Waals surface area contributed by atoms with Crippen molar-refractivity contribution in [2.45, 2.75) is 83.1 Å². The fourth-order valence-electron chi connectivity index (χ4n) is 7.61. The number of hydrogen-bond acceptors (Lipinski definition) is 6. The van der Waals surface area contributed by atoms with Gasteiger partial charge in [-0.1, -0.05) is 50.6 Å². The van der Waals surface area contributed by atoms with E-state index >= 15 is 0 Å². The Balaban J connectivity index is 1.49. The van der Waals surface area contributed by atoms with Gasteiger partial charge in [-0.2, -0.15) is 11.8 Å². The third-order valence-corrected chi connectivity index (χ3v) is 12.1. The lowest BCUT2D eigenvalue weighted by Gasteiger charge is -2.45. The van der Waals surface area contributed by atoms with Crippen molar-refractivity contribution in [2.75, 3.05) is 60.6 Å². The number of carbonyl (C=O) groups excluding carboxylic acids is 1. The minimum atomic E-state index is -0.804. The van der Waals surface area contributed by atoms with Crippen LogP contribution < -0.4 is 19.9 Å². The van der Waals surface area contributed by atoms with Crippen molar-refractivity contribution < 1.29 is 9.53 Å². The van der Waals surface area contributed by atoms with Crippen LogP contribution >= 0.6 is 35.0 Å². The first-order valence-electron chi connectivity index (χ1n) is 18.2. The van der Waals surface area contributed by atoms with Gasteiger partial charge in [0.1, 0.15) is 17.0 Å². The molecule has 0 bridgehead atoms. The van der Waals surface area contributed by atoms with E-state index in [0.717, 1.165) is 115 Å². The summed E-state index contributed by atoms with van der Waals surface area (Å²) in [4.78, 5) is 20.8. The molecule has 1 amide bonds. The summed E-state index contributed by atoms with van der Waals surface area (Å²) in [5, 5.41) is 3.64. The highest BCUT2D eigenvalue weighted by Crippen LogP contribution is 2.58. The van der Waals surface area contributed by atoms with Crippen LogP contribution in [0.1, 0.15) is 94.3 Å². The minimum absolute atomic E-state index is 0.0589. The number of nitrogens with zero attached hydrogens (tertiary/aromatic N) is 3. The molecule has 2 aliphatic rings. The van der Waals surface area contributed by atoms with Crippen LogP contribution in [-0.2, 0) is 5.54 Å². The number of rotatable bonds is 18. The molecule has 9 heteroatoms. The number of benzene rings is 3. The third-order valence-electron chi connectivity index (χ3n) is 10.2. The van der Waals surface area contributed by atoms with E-state index in [0.29, 0.717) is 6.54 Å². The van der Waals surface area contributed by atoms with Gasteiger partial charge in [-0.15, -0.1) is 23.2 Å². The summed E-state index contributed by atoms with van der Waals surface area (Å²) in [5.74, 6) is 3.34. The highest BCUT2D eigenvalue weighted by Gasteiger charge is 2.56. The molecular weight excluding hydrogens is 671 g/mol. The van der Waals surface area contributed by atoms with Crippen LogP contribution in [0.3, 0.4) is 0 Å². The summed E-state index contributed by atoms with van der Waals surface area (Å²) < 4.78 is 6.84. The molecule has 0 fully saturated rings. The predicted molar refractivity (Wildman–Crippen MR) is 211 cm³/mol. The van der Waals surface area contributed by atoms with Crippen LogP contribution in [0.4, 0.5) is 11.4 Å². The molecule has 6 nitrogen and oxygen atoms in total. The maximum Gasteiger partial charge on any atom is 0.255 e. The number of amides is 1. The van der Waals surface area contributed by atoms with Gasteiger partial charge in [-0.05, 0) is 70.7 Å². The number of carbonyl (C=O) groups is 1. The summed E-state index contributed by atoms with van der Waals surface area (Å²) in [6.45, 7) is 17.9. The van der Waals surface area contributed by atoms with E-state index in [1.165, 1.54) is 0 Å². The molecule has 0 aliphatic carbocycles. The van der Waals surface area contributed by atoms with E-state index in [1.807, 2.05) is 23.9 Å². The van der Waals surface area contributed by atoms with Crippen LogP contribution in [0.15, 0.2) is 60.7 Å². The van der Waals surface area contributed by atoms with Crippen molar-refractivity contribution in [3.63, 3.8) is 0 Å². The van der Waals surface area contributed by atoms with Gasteiger partial charge >= 0.3 is 0 Å². The lowest BCUT2D eigenvalue weighted by molar-refractivity contribution is 0.0682. The average molecular weight is 726 g/mol. The highest BCUT2D eigenvalue weighted by atomic mass is 35.5. The zero-order valence-electron chi connectivity index (χ0n) is 30.2. The normalized spacial score (nSPS) is 16.1. The van der Waals surface area contributed by atoms with E-state index in [1.54, 1.807) is 0 Å². The molecule has 0 radical (unpaired) electrons.